The Morgan fingerprint density at radius 1 is 1.38 bits per heavy atom. The lowest BCUT2D eigenvalue weighted by atomic mass is 10.1. The maximum absolute atomic E-state index is 12.2. The van der Waals surface area contributed by atoms with E-state index in [2.05, 4.69) is 25.7 Å². The Morgan fingerprint density at radius 3 is 2.81 bits per heavy atom. The van der Waals surface area contributed by atoms with Gasteiger partial charge in [-0.05, 0) is 24.1 Å². The molecule has 0 aliphatic rings. The third-order valence-electron chi connectivity index (χ3n) is 2.92. The van der Waals surface area contributed by atoms with Gasteiger partial charge in [0, 0.05) is 17.5 Å². The number of hydrogen-bond donors (Lipinski definition) is 3. The number of pyridine rings is 1. The number of nitrogen functional groups attached to an aromatic ring is 1. The Hall–Kier alpha value is -2.54. The molecule has 0 aliphatic carbocycles. The van der Waals surface area contributed by atoms with Crippen molar-refractivity contribution in [1.29, 1.82) is 0 Å². The van der Waals surface area contributed by atoms with E-state index < -0.39 is 0 Å². The molecule has 0 radical (unpaired) electrons. The summed E-state index contributed by atoms with van der Waals surface area (Å²) in [6, 6.07) is 5.13. The van der Waals surface area contributed by atoms with Crippen molar-refractivity contribution in [3.05, 3.63) is 47.7 Å². The third-order valence-corrected chi connectivity index (χ3v) is 2.92. The van der Waals surface area contributed by atoms with Gasteiger partial charge in [-0.1, -0.05) is 13.8 Å². The molecule has 0 saturated carbocycles. The molecule has 0 fully saturated rings. The molecule has 0 bridgehead atoms. The van der Waals surface area contributed by atoms with E-state index in [9.17, 15) is 4.79 Å². The maximum Gasteiger partial charge on any atom is 0.251 e. The number of rotatable bonds is 5. The fourth-order valence-electron chi connectivity index (χ4n) is 1.75. The number of anilines is 1. The first-order valence-corrected chi connectivity index (χ1v) is 6.62. The second-order valence-corrected chi connectivity index (χ2v) is 4.85. The van der Waals surface area contributed by atoms with Crippen LogP contribution in [0, 0.1) is 0 Å². The van der Waals surface area contributed by atoms with Gasteiger partial charge in [-0.2, -0.15) is 0 Å². The number of nitrogens with zero attached hydrogens (tertiary/aromatic N) is 3. The first-order valence-electron chi connectivity index (χ1n) is 6.62. The molecule has 1 amide bonds. The summed E-state index contributed by atoms with van der Waals surface area (Å²) in [5, 5.41) is 2.81. The Morgan fingerprint density at radius 2 is 2.19 bits per heavy atom. The minimum absolute atomic E-state index is 0.200. The Bertz CT molecular complexity index is 614. The summed E-state index contributed by atoms with van der Waals surface area (Å²) in [4.78, 5) is 24.4. The Balaban J connectivity index is 2.13. The van der Waals surface area contributed by atoms with Crippen LogP contribution in [0.2, 0.25) is 0 Å². The van der Waals surface area contributed by atoms with E-state index in [4.69, 9.17) is 5.84 Å². The molecule has 2 rings (SSSR count). The zero-order chi connectivity index (χ0) is 15.2. The Kier molecular flexibility index (Phi) is 4.78. The molecule has 110 valence electrons. The number of carbonyl (C=O) groups excluding carboxylic acids is 1. The summed E-state index contributed by atoms with van der Waals surface area (Å²) in [5.74, 6) is 5.86. The van der Waals surface area contributed by atoms with E-state index in [1.807, 2.05) is 13.8 Å². The lowest BCUT2D eigenvalue weighted by molar-refractivity contribution is 0.0950. The first-order chi connectivity index (χ1) is 10.1. The number of carbonyl (C=O) groups is 1. The fourth-order valence-corrected chi connectivity index (χ4v) is 1.75. The minimum Gasteiger partial charge on any atom is -0.346 e. The number of nitrogens with one attached hydrogen (secondary N) is 2. The molecular formula is C14H18N6O. The molecule has 0 saturated heterocycles. The van der Waals surface area contributed by atoms with Gasteiger partial charge in [-0.3, -0.25) is 4.79 Å². The molecule has 7 heteroatoms. The Labute approximate surface area is 123 Å². The van der Waals surface area contributed by atoms with Crippen LogP contribution in [0.5, 0.6) is 0 Å². The molecular weight excluding hydrogens is 268 g/mol. The van der Waals surface area contributed by atoms with Gasteiger partial charge >= 0.3 is 0 Å². The molecule has 0 unspecified atom stereocenters. The highest BCUT2D eigenvalue weighted by molar-refractivity contribution is 5.94. The number of amides is 1. The van der Waals surface area contributed by atoms with Gasteiger partial charge in [-0.25, -0.2) is 20.8 Å². The maximum atomic E-state index is 12.2. The minimum atomic E-state index is -0.200. The van der Waals surface area contributed by atoms with Crippen LogP contribution in [-0.2, 0) is 6.54 Å². The average molecular weight is 286 g/mol. The van der Waals surface area contributed by atoms with E-state index >= 15 is 0 Å². The van der Waals surface area contributed by atoms with E-state index in [0.717, 1.165) is 11.4 Å². The molecule has 2 aromatic heterocycles. The van der Waals surface area contributed by atoms with E-state index in [1.54, 1.807) is 24.4 Å². The predicted octanol–water partition coefficient (Wildman–Crippen LogP) is 1.21. The van der Waals surface area contributed by atoms with Gasteiger partial charge in [0.1, 0.15) is 12.1 Å². The van der Waals surface area contributed by atoms with Crippen molar-refractivity contribution in [2.24, 2.45) is 5.84 Å². The molecule has 4 N–H and O–H groups in total. The number of hydrazine groups is 1. The third kappa shape index (κ3) is 3.96. The van der Waals surface area contributed by atoms with E-state index in [1.165, 1.54) is 6.33 Å². The van der Waals surface area contributed by atoms with Gasteiger partial charge in [0.25, 0.3) is 5.91 Å². The van der Waals surface area contributed by atoms with Crippen LogP contribution in [0.3, 0.4) is 0 Å². The average Bonchev–Trinajstić information content (AvgIpc) is 2.53. The van der Waals surface area contributed by atoms with Gasteiger partial charge < -0.3 is 10.7 Å². The van der Waals surface area contributed by atoms with Crippen molar-refractivity contribution >= 4 is 11.7 Å². The van der Waals surface area contributed by atoms with Crippen molar-refractivity contribution in [2.45, 2.75) is 26.3 Å². The van der Waals surface area contributed by atoms with Gasteiger partial charge in [0.05, 0.1) is 12.2 Å². The number of hydrogen-bond acceptors (Lipinski definition) is 6. The molecule has 2 aromatic rings. The quantitative estimate of drug-likeness (QED) is 0.563. The van der Waals surface area contributed by atoms with Crippen LogP contribution in [0.25, 0.3) is 0 Å². The summed E-state index contributed by atoms with van der Waals surface area (Å²) in [6.45, 7) is 4.35. The molecule has 0 spiro atoms. The lowest BCUT2D eigenvalue weighted by Gasteiger charge is -2.11. The van der Waals surface area contributed by atoms with Crippen LogP contribution >= 0.6 is 0 Å². The van der Waals surface area contributed by atoms with Crippen LogP contribution < -0.4 is 16.6 Å². The standard InChI is InChI=1S/C14H18N6O/c1-9(2)12-5-10(6-13(19-12)20-15)14(21)17-7-11-3-4-16-8-18-11/h3-6,8-9H,7,15H2,1-2H3,(H,17,21)(H,19,20). The summed E-state index contributed by atoms with van der Waals surface area (Å²) in [5.41, 5.74) is 4.54. The molecule has 21 heavy (non-hydrogen) atoms. The highest BCUT2D eigenvalue weighted by atomic mass is 16.1. The lowest BCUT2D eigenvalue weighted by Crippen LogP contribution is -2.24. The van der Waals surface area contributed by atoms with Crippen molar-refractivity contribution in [3.8, 4) is 0 Å². The van der Waals surface area contributed by atoms with Crippen molar-refractivity contribution < 1.29 is 4.79 Å². The van der Waals surface area contributed by atoms with E-state index in [0.29, 0.717) is 17.9 Å². The van der Waals surface area contributed by atoms with Crippen LogP contribution in [0.1, 0.15) is 41.5 Å². The predicted molar refractivity (Wildman–Crippen MR) is 79.3 cm³/mol. The monoisotopic (exact) mass is 286 g/mol. The van der Waals surface area contributed by atoms with E-state index in [-0.39, 0.29) is 11.8 Å². The van der Waals surface area contributed by atoms with Crippen LogP contribution in [-0.4, -0.2) is 20.9 Å². The van der Waals surface area contributed by atoms with Crippen LogP contribution in [0.4, 0.5) is 5.82 Å². The summed E-state index contributed by atoms with van der Waals surface area (Å²) >= 11 is 0. The smallest absolute Gasteiger partial charge is 0.251 e. The summed E-state index contributed by atoms with van der Waals surface area (Å²) < 4.78 is 0. The van der Waals surface area contributed by atoms with Gasteiger partial charge in [-0.15, -0.1) is 0 Å². The van der Waals surface area contributed by atoms with Gasteiger partial charge in [0.15, 0.2) is 0 Å². The molecule has 7 nitrogen and oxygen atoms in total. The fraction of sp³-hybridized carbons (Fsp3) is 0.286. The molecule has 0 atom stereocenters. The SMILES string of the molecule is CC(C)c1cc(C(=O)NCc2ccncn2)cc(NN)n1. The second-order valence-electron chi connectivity index (χ2n) is 4.85. The van der Waals surface area contributed by atoms with Crippen molar-refractivity contribution in [3.63, 3.8) is 0 Å². The normalized spacial score (nSPS) is 10.5. The molecule has 0 aromatic carbocycles. The molecule has 2 heterocycles. The van der Waals surface area contributed by atoms with Crippen LogP contribution in [0.15, 0.2) is 30.7 Å². The largest absolute Gasteiger partial charge is 0.346 e. The first kappa shape index (κ1) is 14.9. The van der Waals surface area contributed by atoms with Gasteiger partial charge in [0.2, 0.25) is 0 Å². The summed E-state index contributed by atoms with van der Waals surface area (Å²) in [7, 11) is 0. The molecule has 0 aliphatic heterocycles. The zero-order valence-corrected chi connectivity index (χ0v) is 12.0. The topological polar surface area (TPSA) is 106 Å². The summed E-state index contributed by atoms with van der Waals surface area (Å²) in [6.07, 6.45) is 3.08. The van der Waals surface area contributed by atoms with Crippen molar-refractivity contribution in [1.82, 2.24) is 20.3 Å². The zero-order valence-electron chi connectivity index (χ0n) is 12.0. The number of nitrogens with two attached hydrogens (primary N) is 1. The second kappa shape index (κ2) is 6.76. The van der Waals surface area contributed by atoms with Crippen molar-refractivity contribution in [2.75, 3.05) is 5.43 Å². The highest BCUT2D eigenvalue weighted by Crippen LogP contribution is 2.17. The number of aromatic nitrogens is 3. The highest BCUT2D eigenvalue weighted by Gasteiger charge is 2.11.